The molecule has 5 aliphatic rings. The summed E-state index contributed by atoms with van der Waals surface area (Å²) in [5, 5.41) is 6.27. The SMILES string of the molecule is C1=C[C]([Si](c2ccccc2)c2ccccc2)([Si](c2ccccc2)c2ccccc2)[Ge][N]1C12CC3CC(CC(C3)C1)C2. The second-order valence-electron chi connectivity index (χ2n) is 13.0. The fourth-order valence-corrected chi connectivity index (χ4v) is 26.0. The molecule has 1 aliphatic heterocycles. The fourth-order valence-electron chi connectivity index (χ4n) is 9.15. The molecule has 41 heavy (non-hydrogen) atoms. The molecular formula is C37H37GeNSi2. The van der Waals surface area contributed by atoms with Crippen molar-refractivity contribution >= 4 is 54.0 Å². The minimum atomic E-state index is -1.16. The van der Waals surface area contributed by atoms with E-state index in [-0.39, 0.29) is 3.49 Å². The summed E-state index contributed by atoms with van der Waals surface area (Å²) in [6.07, 6.45) is 14.4. The molecule has 4 saturated carbocycles. The predicted molar refractivity (Wildman–Crippen MR) is 176 cm³/mol. The summed E-state index contributed by atoms with van der Waals surface area (Å²) < 4.78 is 3.24. The van der Waals surface area contributed by atoms with Crippen molar-refractivity contribution in [3.8, 4) is 0 Å². The van der Waals surface area contributed by atoms with Gasteiger partial charge in [-0.25, -0.2) is 0 Å². The van der Waals surface area contributed by atoms with Gasteiger partial charge >= 0.3 is 257 Å². The van der Waals surface area contributed by atoms with E-state index in [0.29, 0.717) is 5.54 Å². The Labute approximate surface area is 255 Å². The van der Waals surface area contributed by atoms with Crippen LogP contribution in [0, 0.1) is 17.8 Å². The number of hydrogen-bond donors (Lipinski definition) is 0. The summed E-state index contributed by atoms with van der Waals surface area (Å²) in [4.78, 5) is 0. The topological polar surface area (TPSA) is 3.24 Å². The van der Waals surface area contributed by atoms with Gasteiger partial charge in [0.05, 0.1) is 0 Å². The van der Waals surface area contributed by atoms with Crippen LogP contribution in [0.25, 0.3) is 0 Å². The van der Waals surface area contributed by atoms with Gasteiger partial charge in [-0.1, -0.05) is 0 Å². The average Bonchev–Trinajstić information content (AvgIpc) is 3.45. The van der Waals surface area contributed by atoms with E-state index >= 15 is 0 Å². The van der Waals surface area contributed by atoms with Gasteiger partial charge in [0, 0.05) is 0 Å². The second-order valence-corrected chi connectivity index (χ2v) is 24.1. The third kappa shape index (κ3) is 4.56. The summed E-state index contributed by atoms with van der Waals surface area (Å²) >= 11 is -0.512. The van der Waals surface area contributed by atoms with E-state index in [4.69, 9.17) is 0 Å². The van der Waals surface area contributed by atoms with Crippen LogP contribution >= 0.6 is 0 Å². The Morgan fingerprint density at radius 3 is 1.20 bits per heavy atom. The summed E-state index contributed by atoms with van der Waals surface area (Å²) in [5.74, 6) is 2.91. The van der Waals surface area contributed by atoms with Crippen molar-refractivity contribution in [3.63, 3.8) is 0 Å². The van der Waals surface area contributed by atoms with Crippen molar-refractivity contribution in [1.29, 1.82) is 0 Å². The van der Waals surface area contributed by atoms with Crippen LogP contribution < -0.4 is 20.7 Å². The number of allylic oxidation sites excluding steroid dienone is 1. The van der Waals surface area contributed by atoms with Crippen molar-refractivity contribution in [1.82, 2.24) is 3.86 Å². The summed E-state index contributed by atoms with van der Waals surface area (Å²) in [7, 11) is -2.32. The van der Waals surface area contributed by atoms with E-state index in [1.54, 1.807) is 20.7 Å². The molecule has 0 amide bonds. The van der Waals surface area contributed by atoms with E-state index in [1.807, 2.05) is 0 Å². The van der Waals surface area contributed by atoms with Crippen LogP contribution in [-0.2, 0) is 0 Å². The number of hydrogen-bond acceptors (Lipinski definition) is 1. The molecule has 4 aliphatic carbocycles. The van der Waals surface area contributed by atoms with Crippen molar-refractivity contribution in [2.45, 2.75) is 47.6 Å². The molecule has 1 nitrogen and oxygen atoms in total. The summed E-state index contributed by atoms with van der Waals surface area (Å²) in [5.41, 5.74) is 0.424. The Bertz CT molecular complexity index is 1310. The van der Waals surface area contributed by atoms with Gasteiger partial charge in [0.25, 0.3) is 0 Å². The fraction of sp³-hybridized carbons (Fsp3) is 0.297. The second kappa shape index (κ2) is 10.6. The molecule has 9 rings (SSSR count). The molecule has 4 fully saturated rings. The molecule has 0 atom stereocenters. The number of nitrogens with zero attached hydrogens (tertiary/aromatic N) is 1. The van der Waals surface area contributed by atoms with E-state index in [2.05, 4.69) is 137 Å². The Balaban J connectivity index is 1.33. The maximum atomic E-state index is 3.06. The first-order chi connectivity index (χ1) is 20.2. The molecule has 0 saturated heterocycles. The van der Waals surface area contributed by atoms with E-state index in [1.165, 1.54) is 38.5 Å². The zero-order chi connectivity index (χ0) is 27.3. The van der Waals surface area contributed by atoms with Gasteiger partial charge in [-0.3, -0.25) is 0 Å². The molecule has 4 bridgehead atoms. The summed E-state index contributed by atoms with van der Waals surface area (Å²) in [6, 6.07) is 46.6. The molecule has 4 radical (unpaired) electrons. The van der Waals surface area contributed by atoms with Crippen molar-refractivity contribution in [2.24, 2.45) is 17.8 Å². The molecule has 4 heteroatoms. The van der Waals surface area contributed by atoms with Crippen LogP contribution in [-0.4, -0.2) is 42.6 Å². The normalized spacial score (nSPS) is 27.7. The first-order valence-corrected chi connectivity index (χ1v) is 20.4. The van der Waals surface area contributed by atoms with Gasteiger partial charge in [-0.15, -0.1) is 0 Å². The van der Waals surface area contributed by atoms with E-state index < -0.39 is 33.2 Å². The van der Waals surface area contributed by atoms with E-state index in [0.717, 1.165) is 17.8 Å². The zero-order valence-electron chi connectivity index (χ0n) is 23.6. The molecule has 4 aromatic carbocycles. The number of rotatable bonds is 7. The van der Waals surface area contributed by atoms with Gasteiger partial charge in [-0.05, 0) is 0 Å². The predicted octanol–water partition coefficient (Wildman–Crippen LogP) is 5.26. The van der Waals surface area contributed by atoms with Crippen LogP contribution in [0.1, 0.15) is 38.5 Å². The Hall–Kier alpha value is -2.60. The van der Waals surface area contributed by atoms with Crippen molar-refractivity contribution in [2.75, 3.05) is 0 Å². The first-order valence-electron chi connectivity index (χ1n) is 15.5. The van der Waals surface area contributed by atoms with Gasteiger partial charge in [0.1, 0.15) is 0 Å². The first kappa shape index (κ1) is 26.1. The van der Waals surface area contributed by atoms with Gasteiger partial charge in [0.15, 0.2) is 0 Å². The van der Waals surface area contributed by atoms with Crippen LogP contribution in [0.15, 0.2) is 134 Å². The molecule has 202 valence electrons. The standard InChI is InChI=1S/C37H37GeNSi2/c1-5-13-32(14-6-1)40(33-15-7-2-8-16-33)37(41(34-17-9-3-10-18-34)35-19-11-4-12-20-35)21-22-39(38-37)36-26-29-23-30(27-36)25-31(24-29)28-36/h1-22,29-31H,23-28H2. The van der Waals surface area contributed by atoms with Crippen LogP contribution in [0.5, 0.6) is 0 Å². The third-order valence-corrected chi connectivity index (χ3v) is 24.6. The van der Waals surface area contributed by atoms with Crippen LogP contribution in [0.2, 0.25) is 3.49 Å². The van der Waals surface area contributed by atoms with Crippen LogP contribution in [0.4, 0.5) is 0 Å². The number of benzene rings is 4. The molecule has 4 aromatic rings. The third-order valence-electron chi connectivity index (χ3n) is 10.3. The van der Waals surface area contributed by atoms with Crippen molar-refractivity contribution < 1.29 is 0 Å². The molecule has 0 aromatic heterocycles. The molecule has 0 unspecified atom stereocenters. The quantitative estimate of drug-likeness (QED) is 0.254. The monoisotopic (exact) mass is 625 g/mol. The van der Waals surface area contributed by atoms with Crippen molar-refractivity contribution in [3.05, 3.63) is 134 Å². The summed E-state index contributed by atoms with van der Waals surface area (Å²) in [6.45, 7) is 0. The zero-order valence-corrected chi connectivity index (χ0v) is 27.7. The molecule has 0 spiro atoms. The Morgan fingerprint density at radius 2 is 0.854 bits per heavy atom. The molecular weight excluding hydrogens is 587 g/mol. The van der Waals surface area contributed by atoms with Gasteiger partial charge in [-0.2, -0.15) is 0 Å². The maximum absolute atomic E-state index is 3.06. The Kier molecular flexibility index (Phi) is 6.73. The van der Waals surface area contributed by atoms with Gasteiger partial charge < -0.3 is 0 Å². The van der Waals surface area contributed by atoms with Crippen LogP contribution in [0.3, 0.4) is 0 Å². The molecule has 1 heterocycles. The minimum absolute atomic E-state index is 0.185. The van der Waals surface area contributed by atoms with E-state index in [9.17, 15) is 0 Å². The Morgan fingerprint density at radius 1 is 0.512 bits per heavy atom. The average molecular weight is 624 g/mol. The molecule has 0 N–H and O–H groups in total. The van der Waals surface area contributed by atoms with Gasteiger partial charge in [0.2, 0.25) is 0 Å².